The lowest BCUT2D eigenvalue weighted by molar-refractivity contribution is -0.141. The molecule has 0 aliphatic rings. The topological polar surface area (TPSA) is 91.2 Å². The predicted molar refractivity (Wildman–Crippen MR) is 137 cm³/mol. The first-order chi connectivity index (χ1) is 17.5. The Balaban J connectivity index is 1.80. The van der Waals surface area contributed by atoms with Gasteiger partial charge < -0.3 is 24.5 Å². The standard InChI is InChI=1S/C26H31F3N6O2/c1-6-35-19(13-16-9-10-21(26(27,28)29)32-23(16)35)24-31-18-12-17(14-20(37-5)22(18)34(24)4)25(36)33(3)11-7-8-15(2)30/h9-10,12-15H,6-8,11,30H2,1-5H3/t15-/m0/s1. The third-order valence-corrected chi connectivity index (χ3v) is 6.48. The summed E-state index contributed by atoms with van der Waals surface area (Å²) in [5.41, 5.74) is 7.37. The molecule has 0 bridgehead atoms. The van der Waals surface area contributed by atoms with Gasteiger partial charge in [0.15, 0.2) is 5.82 Å². The molecule has 0 spiro atoms. The summed E-state index contributed by atoms with van der Waals surface area (Å²) in [5, 5.41) is 0.577. The van der Waals surface area contributed by atoms with Gasteiger partial charge in [0, 0.05) is 44.2 Å². The van der Waals surface area contributed by atoms with Crippen molar-refractivity contribution >= 4 is 28.0 Å². The van der Waals surface area contributed by atoms with E-state index in [4.69, 9.17) is 15.5 Å². The third kappa shape index (κ3) is 5.00. The second kappa shape index (κ2) is 10.0. The van der Waals surface area contributed by atoms with Gasteiger partial charge in [-0.05, 0) is 57.0 Å². The van der Waals surface area contributed by atoms with E-state index in [0.29, 0.717) is 52.3 Å². The van der Waals surface area contributed by atoms with Crippen LogP contribution in [0.25, 0.3) is 33.6 Å². The zero-order chi connectivity index (χ0) is 27.1. The molecule has 0 unspecified atom stereocenters. The summed E-state index contributed by atoms with van der Waals surface area (Å²) < 4.78 is 49.0. The number of fused-ring (bicyclic) bond motifs is 2. The van der Waals surface area contributed by atoms with Gasteiger partial charge in [0.25, 0.3) is 5.91 Å². The monoisotopic (exact) mass is 516 g/mol. The van der Waals surface area contributed by atoms with Gasteiger partial charge in [-0.3, -0.25) is 4.79 Å². The normalized spacial score (nSPS) is 12.9. The largest absolute Gasteiger partial charge is 0.494 e. The second-order valence-electron chi connectivity index (χ2n) is 9.27. The van der Waals surface area contributed by atoms with Crippen molar-refractivity contribution in [3.63, 3.8) is 0 Å². The van der Waals surface area contributed by atoms with Crippen LogP contribution in [-0.4, -0.2) is 56.7 Å². The van der Waals surface area contributed by atoms with Gasteiger partial charge in [-0.25, -0.2) is 9.97 Å². The molecule has 37 heavy (non-hydrogen) atoms. The molecule has 0 saturated carbocycles. The molecular formula is C26H31F3N6O2. The number of carbonyl (C=O) groups is 1. The van der Waals surface area contributed by atoms with Crippen LogP contribution in [-0.2, 0) is 19.8 Å². The summed E-state index contributed by atoms with van der Waals surface area (Å²) in [5.74, 6) is 0.836. The molecule has 198 valence electrons. The SMILES string of the molecule is CCn1c(-c2nc3cc(C(=O)N(C)CCC[C@H](C)N)cc(OC)c3n2C)cc2ccc(C(F)(F)F)nc21. The summed E-state index contributed by atoms with van der Waals surface area (Å²) in [7, 11) is 5.07. The lowest BCUT2D eigenvalue weighted by Gasteiger charge is -2.18. The molecule has 0 radical (unpaired) electrons. The number of rotatable bonds is 8. The van der Waals surface area contributed by atoms with Crippen molar-refractivity contribution in [1.29, 1.82) is 0 Å². The van der Waals surface area contributed by atoms with E-state index in [-0.39, 0.29) is 17.6 Å². The minimum Gasteiger partial charge on any atom is -0.494 e. The summed E-state index contributed by atoms with van der Waals surface area (Å²) >= 11 is 0. The van der Waals surface area contributed by atoms with E-state index in [1.165, 1.54) is 13.2 Å². The van der Waals surface area contributed by atoms with E-state index in [9.17, 15) is 18.0 Å². The lowest BCUT2D eigenvalue weighted by Crippen LogP contribution is -2.29. The summed E-state index contributed by atoms with van der Waals surface area (Å²) in [4.78, 5) is 23.4. The van der Waals surface area contributed by atoms with Crippen LogP contribution in [0.4, 0.5) is 13.2 Å². The summed E-state index contributed by atoms with van der Waals surface area (Å²) in [6.45, 7) is 4.73. The molecular weight excluding hydrogens is 485 g/mol. The maximum atomic E-state index is 13.3. The van der Waals surface area contributed by atoms with E-state index < -0.39 is 11.9 Å². The molecule has 1 amide bonds. The fourth-order valence-electron chi connectivity index (χ4n) is 4.58. The van der Waals surface area contributed by atoms with E-state index in [1.807, 2.05) is 18.4 Å². The van der Waals surface area contributed by atoms with Crippen molar-refractivity contribution in [3.8, 4) is 17.3 Å². The molecule has 4 rings (SSSR count). The van der Waals surface area contributed by atoms with E-state index in [1.54, 1.807) is 41.8 Å². The molecule has 1 atom stereocenters. The van der Waals surface area contributed by atoms with Crippen molar-refractivity contribution in [2.45, 2.75) is 45.5 Å². The Labute approximate surface area is 212 Å². The number of benzene rings is 1. The van der Waals surface area contributed by atoms with Crippen LogP contribution in [0.5, 0.6) is 5.75 Å². The average Bonchev–Trinajstić information content (AvgIpc) is 3.38. The third-order valence-electron chi connectivity index (χ3n) is 6.48. The predicted octanol–water partition coefficient (Wildman–Crippen LogP) is 4.84. The number of nitrogens with two attached hydrogens (primary N) is 1. The maximum Gasteiger partial charge on any atom is 0.433 e. The van der Waals surface area contributed by atoms with Crippen molar-refractivity contribution in [2.24, 2.45) is 12.8 Å². The average molecular weight is 517 g/mol. The first kappa shape index (κ1) is 26.5. The van der Waals surface area contributed by atoms with Gasteiger partial charge >= 0.3 is 6.18 Å². The molecule has 3 heterocycles. The number of nitrogens with zero attached hydrogens (tertiary/aromatic N) is 5. The first-order valence-corrected chi connectivity index (χ1v) is 12.1. The molecule has 3 aromatic heterocycles. The van der Waals surface area contributed by atoms with Crippen LogP contribution in [0.2, 0.25) is 0 Å². The Morgan fingerprint density at radius 2 is 1.95 bits per heavy atom. The Morgan fingerprint density at radius 1 is 1.22 bits per heavy atom. The molecule has 8 nitrogen and oxygen atoms in total. The fraction of sp³-hybridized carbons (Fsp3) is 0.423. The minimum absolute atomic E-state index is 0.0702. The van der Waals surface area contributed by atoms with Gasteiger partial charge in [-0.15, -0.1) is 0 Å². The number of aryl methyl sites for hydroxylation is 2. The highest BCUT2D eigenvalue weighted by atomic mass is 19.4. The number of carbonyl (C=O) groups excluding carboxylic acids is 1. The van der Waals surface area contributed by atoms with Crippen LogP contribution in [0.1, 0.15) is 42.7 Å². The molecule has 0 fully saturated rings. The lowest BCUT2D eigenvalue weighted by atomic mass is 10.1. The Kier molecular flexibility index (Phi) is 7.18. The highest BCUT2D eigenvalue weighted by Gasteiger charge is 2.33. The number of halogens is 3. The molecule has 0 aliphatic carbocycles. The van der Waals surface area contributed by atoms with Gasteiger partial charge in [0.1, 0.15) is 22.6 Å². The minimum atomic E-state index is -4.54. The molecule has 2 N–H and O–H groups in total. The number of hydrogen-bond donors (Lipinski definition) is 1. The van der Waals surface area contributed by atoms with Crippen molar-refractivity contribution in [2.75, 3.05) is 20.7 Å². The maximum absolute atomic E-state index is 13.3. The molecule has 0 aliphatic heterocycles. The van der Waals surface area contributed by atoms with Crippen LogP contribution >= 0.6 is 0 Å². The number of amides is 1. The van der Waals surface area contributed by atoms with E-state index in [2.05, 4.69) is 4.98 Å². The van der Waals surface area contributed by atoms with Crippen LogP contribution in [0.3, 0.4) is 0 Å². The van der Waals surface area contributed by atoms with Gasteiger partial charge in [-0.1, -0.05) is 0 Å². The number of pyridine rings is 1. The summed E-state index contributed by atoms with van der Waals surface area (Å²) in [6.07, 6.45) is -2.94. The van der Waals surface area contributed by atoms with Gasteiger partial charge in [0.2, 0.25) is 0 Å². The van der Waals surface area contributed by atoms with Crippen molar-refractivity contribution < 1.29 is 22.7 Å². The Hall–Kier alpha value is -3.60. The second-order valence-corrected chi connectivity index (χ2v) is 9.27. The quantitative estimate of drug-likeness (QED) is 0.362. The van der Waals surface area contributed by atoms with Crippen molar-refractivity contribution in [1.82, 2.24) is 24.0 Å². The molecule has 11 heteroatoms. The Morgan fingerprint density at radius 3 is 2.57 bits per heavy atom. The van der Waals surface area contributed by atoms with Crippen LogP contribution < -0.4 is 10.5 Å². The van der Waals surface area contributed by atoms with E-state index >= 15 is 0 Å². The van der Waals surface area contributed by atoms with E-state index in [0.717, 1.165) is 18.9 Å². The Bertz CT molecular complexity index is 1450. The number of imidazole rings is 1. The zero-order valence-corrected chi connectivity index (χ0v) is 21.6. The molecule has 0 saturated heterocycles. The van der Waals surface area contributed by atoms with Crippen LogP contribution in [0, 0.1) is 0 Å². The first-order valence-electron chi connectivity index (χ1n) is 12.1. The van der Waals surface area contributed by atoms with Gasteiger partial charge in [0.05, 0.1) is 18.3 Å². The summed E-state index contributed by atoms with van der Waals surface area (Å²) in [6, 6.07) is 7.64. The number of aromatic nitrogens is 4. The highest BCUT2D eigenvalue weighted by Crippen LogP contribution is 2.35. The smallest absolute Gasteiger partial charge is 0.433 e. The number of alkyl halides is 3. The fourth-order valence-corrected chi connectivity index (χ4v) is 4.58. The van der Waals surface area contributed by atoms with Crippen LogP contribution in [0.15, 0.2) is 30.3 Å². The number of hydrogen-bond acceptors (Lipinski definition) is 5. The molecule has 4 aromatic rings. The van der Waals surface area contributed by atoms with Crippen molar-refractivity contribution in [3.05, 3.63) is 41.6 Å². The molecule has 1 aromatic carbocycles. The number of ether oxygens (including phenoxy) is 1. The highest BCUT2D eigenvalue weighted by molar-refractivity contribution is 6.00. The van der Waals surface area contributed by atoms with Gasteiger partial charge in [-0.2, -0.15) is 13.2 Å². The zero-order valence-electron chi connectivity index (χ0n) is 21.6. The number of methoxy groups -OCH3 is 1.